The van der Waals surface area contributed by atoms with E-state index >= 15 is 0 Å². The van der Waals surface area contributed by atoms with Gasteiger partial charge in [-0.3, -0.25) is 14.4 Å². The standard InChI is InChI=1S/C12H21N3O3/c1-8(2)6-14-11(17)7-15-4-3-9(12(15)18)5-10(13)16/h8-9H,3-7H2,1-2H3,(H2,13,16)(H,14,17). The fourth-order valence-electron chi connectivity index (χ4n) is 1.94. The highest BCUT2D eigenvalue weighted by Gasteiger charge is 2.33. The molecule has 0 radical (unpaired) electrons. The molecule has 0 saturated carbocycles. The zero-order valence-corrected chi connectivity index (χ0v) is 10.9. The molecular formula is C12H21N3O3. The maximum Gasteiger partial charge on any atom is 0.239 e. The number of nitrogens with zero attached hydrogens (tertiary/aromatic N) is 1. The molecule has 0 aromatic rings. The lowest BCUT2D eigenvalue weighted by Crippen LogP contribution is -2.40. The second-order valence-corrected chi connectivity index (χ2v) is 5.11. The molecule has 3 amide bonds. The van der Waals surface area contributed by atoms with Crippen LogP contribution in [0.2, 0.25) is 0 Å². The molecule has 6 heteroatoms. The minimum atomic E-state index is -0.473. The number of hydrogen-bond donors (Lipinski definition) is 2. The molecule has 1 fully saturated rings. The average Bonchev–Trinajstić information content (AvgIpc) is 2.58. The number of carbonyl (C=O) groups is 3. The van der Waals surface area contributed by atoms with Gasteiger partial charge in [-0.15, -0.1) is 0 Å². The van der Waals surface area contributed by atoms with Crippen LogP contribution in [0.3, 0.4) is 0 Å². The van der Waals surface area contributed by atoms with Crippen molar-refractivity contribution in [2.45, 2.75) is 26.7 Å². The summed E-state index contributed by atoms with van der Waals surface area (Å²) >= 11 is 0. The average molecular weight is 255 g/mol. The number of amides is 3. The summed E-state index contributed by atoms with van der Waals surface area (Å²) in [6, 6.07) is 0. The maximum atomic E-state index is 11.9. The van der Waals surface area contributed by atoms with E-state index < -0.39 is 5.91 Å². The monoisotopic (exact) mass is 255 g/mol. The lowest BCUT2D eigenvalue weighted by molar-refractivity contribution is -0.136. The molecule has 3 N–H and O–H groups in total. The molecule has 0 bridgehead atoms. The Balaban J connectivity index is 2.38. The summed E-state index contributed by atoms with van der Waals surface area (Å²) in [4.78, 5) is 35.7. The summed E-state index contributed by atoms with van der Waals surface area (Å²) in [5.41, 5.74) is 5.07. The highest BCUT2D eigenvalue weighted by molar-refractivity contribution is 5.89. The van der Waals surface area contributed by atoms with Gasteiger partial charge in [0.15, 0.2) is 0 Å². The van der Waals surface area contributed by atoms with Crippen LogP contribution in [0.4, 0.5) is 0 Å². The molecule has 1 heterocycles. The van der Waals surface area contributed by atoms with E-state index in [1.165, 1.54) is 4.90 Å². The van der Waals surface area contributed by atoms with Crippen LogP contribution in [0.15, 0.2) is 0 Å². The van der Waals surface area contributed by atoms with Gasteiger partial charge in [0.1, 0.15) is 0 Å². The van der Waals surface area contributed by atoms with Crippen LogP contribution in [-0.2, 0) is 14.4 Å². The minimum absolute atomic E-state index is 0.0703. The van der Waals surface area contributed by atoms with E-state index in [4.69, 9.17) is 5.73 Å². The Bertz CT molecular complexity index is 341. The number of likely N-dealkylation sites (tertiary alicyclic amines) is 1. The molecule has 0 spiro atoms. The quantitative estimate of drug-likeness (QED) is 0.669. The van der Waals surface area contributed by atoms with E-state index in [1.54, 1.807) is 0 Å². The van der Waals surface area contributed by atoms with E-state index in [0.717, 1.165) is 0 Å². The smallest absolute Gasteiger partial charge is 0.239 e. The topological polar surface area (TPSA) is 92.5 Å². The molecule has 0 aromatic carbocycles. The van der Waals surface area contributed by atoms with Gasteiger partial charge < -0.3 is 16.0 Å². The van der Waals surface area contributed by atoms with Gasteiger partial charge in [0.2, 0.25) is 17.7 Å². The lowest BCUT2D eigenvalue weighted by atomic mass is 10.0. The van der Waals surface area contributed by atoms with Crippen molar-refractivity contribution < 1.29 is 14.4 Å². The zero-order chi connectivity index (χ0) is 13.7. The zero-order valence-electron chi connectivity index (χ0n) is 10.9. The van der Waals surface area contributed by atoms with Crippen molar-refractivity contribution in [1.29, 1.82) is 0 Å². The molecule has 1 saturated heterocycles. The molecular weight excluding hydrogens is 234 g/mol. The number of carbonyl (C=O) groups excluding carboxylic acids is 3. The minimum Gasteiger partial charge on any atom is -0.370 e. The molecule has 1 aliphatic rings. The third-order valence-corrected chi connectivity index (χ3v) is 2.90. The van der Waals surface area contributed by atoms with Gasteiger partial charge in [0, 0.05) is 25.4 Å². The largest absolute Gasteiger partial charge is 0.370 e. The van der Waals surface area contributed by atoms with E-state index in [-0.39, 0.29) is 30.7 Å². The second-order valence-electron chi connectivity index (χ2n) is 5.11. The van der Waals surface area contributed by atoms with Gasteiger partial charge in [-0.05, 0) is 12.3 Å². The molecule has 0 aliphatic carbocycles. The number of nitrogens with two attached hydrogens (primary N) is 1. The Morgan fingerprint density at radius 3 is 2.72 bits per heavy atom. The number of nitrogens with one attached hydrogen (secondary N) is 1. The third kappa shape index (κ3) is 4.35. The molecule has 0 aromatic heterocycles. The van der Waals surface area contributed by atoms with Gasteiger partial charge in [-0.25, -0.2) is 0 Å². The van der Waals surface area contributed by atoms with E-state index in [0.29, 0.717) is 25.4 Å². The number of rotatable bonds is 6. The van der Waals surface area contributed by atoms with Crippen molar-refractivity contribution in [2.24, 2.45) is 17.6 Å². The van der Waals surface area contributed by atoms with Crippen molar-refractivity contribution in [3.05, 3.63) is 0 Å². The summed E-state index contributed by atoms with van der Waals surface area (Å²) < 4.78 is 0. The van der Waals surface area contributed by atoms with E-state index in [2.05, 4.69) is 5.32 Å². The molecule has 102 valence electrons. The van der Waals surface area contributed by atoms with Crippen molar-refractivity contribution in [3.63, 3.8) is 0 Å². The van der Waals surface area contributed by atoms with Crippen molar-refractivity contribution >= 4 is 17.7 Å². The number of hydrogen-bond acceptors (Lipinski definition) is 3. The van der Waals surface area contributed by atoms with Gasteiger partial charge in [0.25, 0.3) is 0 Å². The summed E-state index contributed by atoms with van der Waals surface area (Å²) in [5.74, 6) is -0.740. The second kappa shape index (κ2) is 6.37. The highest BCUT2D eigenvalue weighted by atomic mass is 16.2. The summed E-state index contributed by atoms with van der Waals surface area (Å²) in [7, 11) is 0. The molecule has 18 heavy (non-hydrogen) atoms. The SMILES string of the molecule is CC(C)CNC(=O)CN1CCC(CC(N)=O)C1=O. The van der Waals surface area contributed by atoms with Crippen LogP contribution >= 0.6 is 0 Å². The van der Waals surface area contributed by atoms with Crippen LogP contribution in [0.5, 0.6) is 0 Å². The van der Waals surface area contributed by atoms with Gasteiger partial charge in [-0.1, -0.05) is 13.8 Å². The first kappa shape index (κ1) is 14.5. The Kier molecular flexibility index (Phi) is 5.12. The number of primary amides is 1. The molecule has 1 rings (SSSR count). The fourth-order valence-corrected chi connectivity index (χ4v) is 1.94. The predicted molar refractivity (Wildman–Crippen MR) is 66.3 cm³/mol. The Morgan fingerprint density at radius 1 is 1.50 bits per heavy atom. The molecule has 1 aliphatic heterocycles. The Morgan fingerprint density at radius 2 is 2.17 bits per heavy atom. The van der Waals surface area contributed by atoms with Crippen molar-refractivity contribution in [2.75, 3.05) is 19.6 Å². The molecule has 1 unspecified atom stereocenters. The highest BCUT2D eigenvalue weighted by Crippen LogP contribution is 2.20. The van der Waals surface area contributed by atoms with Crippen molar-refractivity contribution in [1.82, 2.24) is 10.2 Å². The summed E-state index contributed by atoms with van der Waals surface area (Å²) in [6.07, 6.45) is 0.669. The van der Waals surface area contributed by atoms with Crippen LogP contribution in [0.25, 0.3) is 0 Å². The summed E-state index contributed by atoms with van der Waals surface area (Å²) in [6.45, 7) is 5.20. The van der Waals surface area contributed by atoms with Crippen LogP contribution in [0, 0.1) is 11.8 Å². The van der Waals surface area contributed by atoms with Gasteiger partial charge in [0.05, 0.1) is 6.54 Å². The molecule has 6 nitrogen and oxygen atoms in total. The Labute approximate surface area is 107 Å². The van der Waals surface area contributed by atoms with Crippen LogP contribution in [-0.4, -0.2) is 42.3 Å². The Hall–Kier alpha value is -1.59. The third-order valence-electron chi connectivity index (χ3n) is 2.90. The normalized spacial score (nSPS) is 19.4. The summed E-state index contributed by atoms with van der Waals surface area (Å²) in [5, 5.41) is 2.76. The molecule has 1 atom stereocenters. The first-order valence-electron chi connectivity index (χ1n) is 6.24. The van der Waals surface area contributed by atoms with Crippen LogP contribution < -0.4 is 11.1 Å². The van der Waals surface area contributed by atoms with E-state index in [1.807, 2.05) is 13.8 Å². The van der Waals surface area contributed by atoms with Crippen LogP contribution in [0.1, 0.15) is 26.7 Å². The van der Waals surface area contributed by atoms with Crippen molar-refractivity contribution in [3.8, 4) is 0 Å². The van der Waals surface area contributed by atoms with Gasteiger partial charge >= 0.3 is 0 Å². The predicted octanol–water partition coefficient (Wildman–Crippen LogP) is -0.517. The maximum absolute atomic E-state index is 11.9. The fraction of sp³-hybridized carbons (Fsp3) is 0.750. The van der Waals surface area contributed by atoms with Gasteiger partial charge in [-0.2, -0.15) is 0 Å². The lowest BCUT2D eigenvalue weighted by Gasteiger charge is -2.16. The first-order valence-corrected chi connectivity index (χ1v) is 6.24. The van der Waals surface area contributed by atoms with E-state index in [9.17, 15) is 14.4 Å². The first-order chi connectivity index (χ1) is 8.40.